The molecule has 0 aromatic heterocycles. The summed E-state index contributed by atoms with van der Waals surface area (Å²) in [5, 5.41) is 19.8. The third-order valence-electron chi connectivity index (χ3n) is 3.69. The summed E-state index contributed by atoms with van der Waals surface area (Å²) >= 11 is 0. The Morgan fingerprint density at radius 1 is 1.43 bits per heavy atom. The van der Waals surface area contributed by atoms with Crippen LogP contribution in [0, 0.1) is 15.9 Å². The number of aliphatic hydroxyl groups is 1. The number of nitro benzene ring substituents is 1. The molecule has 1 aliphatic heterocycles. The predicted molar refractivity (Wildman–Crippen MR) is 73.4 cm³/mol. The van der Waals surface area contributed by atoms with Gasteiger partial charge in [-0.15, -0.1) is 0 Å². The van der Waals surface area contributed by atoms with Gasteiger partial charge in [0.15, 0.2) is 0 Å². The lowest BCUT2D eigenvalue weighted by Crippen LogP contribution is -2.44. The fourth-order valence-corrected chi connectivity index (χ4v) is 2.69. The van der Waals surface area contributed by atoms with E-state index in [1.807, 2.05) is 0 Å². The standard InChI is InChI=1S/C14H17FN2O4/c15-11-7-10(8-13(9-11)17(20)21)14(19)16-5-2-1-3-12(16)4-6-18/h7-9,12,18H,1-6H2. The van der Waals surface area contributed by atoms with Gasteiger partial charge in [-0.05, 0) is 31.7 Å². The van der Waals surface area contributed by atoms with E-state index in [9.17, 15) is 19.3 Å². The molecule has 6 nitrogen and oxygen atoms in total. The van der Waals surface area contributed by atoms with Crippen molar-refractivity contribution in [2.75, 3.05) is 13.2 Å². The normalized spacial score (nSPS) is 18.6. The van der Waals surface area contributed by atoms with Gasteiger partial charge >= 0.3 is 0 Å². The third-order valence-corrected chi connectivity index (χ3v) is 3.69. The maximum atomic E-state index is 13.4. The van der Waals surface area contributed by atoms with Crippen molar-refractivity contribution in [3.8, 4) is 0 Å². The molecular weight excluding hydrogens is 279 g/mol. The van der Waals surface area contributed by atoms with Crippen LogP contribution in [0.5, 0.6) is 0 Å². The Kier molecular flexibility index (Phi) is 4.85. The summed E-state index contributed by atoms with van der Waals surface area (Å²) in [5.74, 6) is -1.22. The number of halogens is 1. The lowest BCUT2D eigenvalue weighted by Gasteiger charge is -2.35. The molecule has 0 bridgehead atoms. The number of non-ortho nitro benzene ring substituents is 1. The molecule has 21 heavy (non-hydrogen) atoms. The fraction of sp³-hybridized carbons (Fsp3) is 0.500. The van der Waals surface area contributed by atoms with E-state index >= 15 is 0 Å². The van der Waals surface area contributed by atoms with E-state index < -0.39 is 22.3 Å². The second-order valence-electron chi connectivity index (χ2n) is 5.12. The van der Waals surface area contributed by atoms with E-state index in [0.29, 0.717) is 13.0 Å². The molecule has 1 atom stereocenters. The number of carbonyl (C=O) groups excluding carboxylic acids is 1. The summed E-state index contributed by atoms with van der Waals surface area (Å²) in [6.45, 7) is 0.492. The average molecular weight is 296 g/mol. The Bertz CT molecular complexity index is 548. The van der Waals surface area contributed by atoms with Crippen molar-refractivity contribution in [3.63, 3.8) is 0 Å². The predicted octanol–water partition coefficient (Wildman–Crippen LogP) is 2.11. The lowest BCUT2D eigenvalue weighted by atomic mass is 9.98. The number of likely N-dealkylation sites (tertiary alicyclic amines) is 1. The molecule has 1 N–H and O–H groups in total. The molecule has 2 rings (SSSR count). The van der Waals surface area contributed by atoms with Crippen LogP contribution in [0.1, 0.15) is 36.0 Å². The van der Waals surface area contributed by atoms with Gasteiger partial charge in [-0.25, -0.2) is 4.39 Å². The van der Waals surface area contributed by atoms with Gasteiger partial charge in [0.2, 0.25) is 0 Å². The molecule has 114 valence electrons. The van der Waals surface area contributed by atoms with E-state index in [4.69, 9.17) is 5.11 Å². The minimum absolute atomic E-state index is 0.0217. The number of nitrogens with zero attached hydrogens (tertiary/aromatic N) is 2. The Hall–Kier alpha value is -2.02. The summed E-state index contributed by atoms with van der Waals surface area (Å²) < 4.78 is 13.4. The Morgan fingerprint density at radius 3 is 2.86 bits per heavy atom. The highest BCUT2D eigenvalue weighted by molar-refractivity contribution is 5.95. The first-order chi connectivity index (χ1) is 10.0. The first-order valence-corrected chi connectivity index (χ1v) is 6.89. The van der Waals surface area contributed by atoms with Crippen LogP contribution in [0.2, 0.25) is 0 Å². The zero-order valence-corrected chi connectivity index (χ0v) is 11.5. The largest absolute Gasteiger partial charge is 0.396 e. The first kappa shape index (κ1) is 15.4. The summed E-state index contributed by atoms with van der Waals surface area (Å²) in [4.78, 5) is 24.1. The van der Waals surface area contributed by atoms with Crippen molar-refractivity contribution < 1.29 is 19.2 Å². The molecule has 1 heterocycles. The number of rotatable bonds is 4. The van der Waals surface area contributed by atoms with Crippen molar-refractivity contribution in [2.45, 2.75) is 31.7 Å². The molecular formula is C14H17FN2O4. The zero-order valence-electron chi connectivity index (χ0n) is 11.5. The number of nitro groups is 1. The SMILES string of the molecule is O=C(c1cc(F)cc([N+](=O)[O-])c1)N1CCCCC1CCO. The number of amides is 1. The Labute approximate surface area is 121 Å². The van der Waals surface area contributed by atoms with Crippen LogP contribution in [-0.4, -0.2) is 40.0 Å². The minimum atomic E-state index is -0.803. The minimum Gasteiger partial charge on any atom is -0.396 e. The van der Waals surface area contributed by atoms with E-state index in [-0.39, 0.29) is 18.2 Å². The summed E-state index contributed by atoms with van der Waals surface area (Å²) in [6.07, 6.45) is 3.05. The maximum Gasteiger partial charge on any atom is 0.273 e. The van der Waals surface area contributed by atoms with Gasteiger partial charge in [0.25, 0.3) is 11.6 Å². The van der Waals surface area contributed by atoms with Crippen LogP contribution in [0.3, 0.4) is 0 Å². The van der Waals surface area contributed by atoms with Crippen LogP contribution in [0.25, 0.3) is 0 Å². The van der Waals surface area contributed by atoms with Crippen molar-refractivity contribution in [3.05, 3.63) is 39.7 Å². The number of hydrogen-bond acceptors (Lipinski definition) is 4. The van der Waals surface area contributed by atoms with E-state index in [1.165, 1.54) is 0 Å². The van der Waals surface area contributed by atoms with E-state index in [2.05, 4.69) is 0 Å². The van der Waals surface area contributed by atoms with Crippen molar-refractivity contribution >= 4 is 11.6 Å². The molecule has 1 aromatic rings. The van der Waals surface area contributed by atoms with Gasteiger partial charge in [-0.1, -0.05) is 0 Å². The highest BCUT2D eigenvalue weighted by Gasteiger charge is 2.28. The monoisotopic (exact) mass is 296 g/mol. The molecule has 1 unspecified atom stereocenters. The summed E-state index contributed by atoms with van der Waals surface area (Å²) in [5.41, 5.74) is -0.458. The van der Waals surface area contributed by atoms with Gasteiger partial charge in [0.05, 0.1) is 11.0 Å². The second-order valence-corrected chi connectivity index (χ2v) is 5.12. The number of hydrogen-bond donors (Lipinski definition) is 1. The van der Waals surface area contributed by atoms with Crippen LogP contribution >= 0.6 is 0 Å². The number of carbonyl (C=O) groups is 1. The fourth-order valence-electron chi connectivity index (χ4n) is 2.69. The molecule has 1 aromatic carbocycles. The van der Waals surface area contributed by atoms with Crippen LogP contribution in [-0.2, 0) is 0 Å². The molecule has 0 radical (unpaired) electrons. The molecule has 1 aliphatic rings. The van der Waals surface area contributed by atoms with Crippen LogP contribution in [0.15, 0.2) is 18.2 Å². The molecule has 0 saturated carbocycles. The molecule has 1 fully saturated rings. The van der Waals surface area contributed by atoms with Crippen molar-refractivity contribution in [1.82, 2.24) is 4.90 Å². The average Bonchev–Trinajstić information content (AvgIpc) is 2.47. The highest BCUT2D eigenvalue weighted by Crippen LogP contribution is 2.24. The highest BCUT2D eigenvalue weighted by atomic mass is 19.1. The molecule has 0 spiro atoms. The summed E-state index contributed by atoms with van der Waals surface area (Å²) in [7, 11) is 0. The number of piperidine rings is 1. The van der Waals surface area contributed by atoms with Gasteiger partial charge in [0, 0.05) is 30.8 Å². The van der Waals surface area contributed by atoms with Crippen LogP contribution < -0.4 is 0 Å². The van der Waals surface area contributed by atoms with Gasteiger partial charge < -0.3 is 10.0 Å². The number of benzene rings is 1. The molecule has 1 saturated heterocycles. The molecule has 7 heteroatoms. The Morgan fingerprint density at radius 2 is 2.19 bits per heavy atom. The van der Waals surface area contributed by atoms with Crippen LogP contribution in [0.4, 0.5) is 10.1 Å². The molecule has 1 amide bonds. The van der Waals surface area contributed by atoms with E-state index in [1.54, 1.807) is 4.90 Å². The first-order valence-electron chi connectivity index (χ1n) is 6.89. The molecule has 0 aliphatic carbocycles. The van der Waals surface area contributed by atoms with E-state index in [0.717, 1.165) is 37.5 Å². The van der Waals surface area contributed by atoms with Gasteiger partial charge in [-0.2, -0.15) is 0 Å². The maximum absolute atomic E-state index is 13.4. The second kappa shape index (κ2) is 6.62. The van der Waals surface area contributed by atoms with Crippen molar-refractivity contribution in [2.24, 2.45) is 0 Å². The zero-order chi connectivity index (χ0) is 15.4. The lowest BCUT2D eigenvalue weighted by molar-refractivity contribution is -0.385. The number of aliphatic hydroxyl groups excluding tert-OH is 1. The Balaban J connectivity index is 2.27. The quantitative estimate of drug-likeness (QED) is 0.681. The van der Waals surface area contributed by atoms with Gasteiger partial charge in [0.1, 0.15) is 5.82 Å². The third kappa shape index (κ3) is 3.55. The topological polar surface area (TPSA) is 83.7 Å². The van der Waals surface area contributed by atoms with Crippen molar-refractivity contribution in [1.29, 1.82) is 0 Å². The van der Waals surface area contributed by atoms with Gasteiger partial charge in [-0.3, -0.25) is 14.9 Å². The smallest absolute Gasteiger partial charge is 0.273 e. The summed E-state index contributed by atoms with van der Waals surface area (Å²) in [6, 6.07) is 2.80.